The quantitative estimate of drug-likeness (QED) is 0.485. The van der Waals surface area contributed by atoms with Crippen molar-refractivity contribution >= 4 is 18.2 Å². The zero-order chi connectivity index (χ0) is 6.85. The summed E-state index contributed by atoms with van der Waals surface area (Å²) in [5.41, 5.74) is 0. The maximum absolute atomic E-state index is 9.14. The van der Waals surface area contributed by atoms with Crippen molar-refractivity contribution in [2.24, 2.45) is 5.92 Å². The molecule has 1 rings (SSSR count). The molecule has 2 atom stereocenters. The lowest BCUT2D eigenvalue weighted by atomic mass is 9.97. The van der Waals surface area contributed by atoms with E-state index < -0.39 is 0 Å². The van der Waals surface area contributed by atoms with Crippen molar-refractivity contribution in [3.8, 4) is 0 Å². The van der Waals surface area contributed by atoms with E-state index in [1.54, 1.807) is 0 Å². The molecule has 0 aromatic rings. The van der Waals surface area contributed by atoms with Crippen molar-refractivity contribution < 1.29 is 5.11 Å². The third-order valence-electron chi connectivity index (χ3n) is 1.71. The molecule has 1 aliphatic rings. The Morgan fingerprint density at radius 2 is 2.30 bits per heavy atom. The van der Waals surface area contributed by atoms with E-state index >= 15 is 0 Å². The Balaban J connectivity index is 0.000000810. The van der Waals surface area contributed by atoms with Crippen LogP contribution in [0, 0.1) is 11.3 Å². The molecule has 0 amide bonds. The van der Waals surface area contributed by atoms with Crippen LogP contribution >= 0.6 is 12.4 Å². The van der Waals surface area contributed by atoms with Crippen molar-refractivity contribution in [3.63, 3.8) is 0 Å². The average molecular weight is 165 g/mol. The predicted octanol–water partition coefficient (Wildman–Crippen LogP) is 0.376. The smallest absolute Gasteiger partial charge is 0.0936 e. The highest BCUT2D eigenvalue weighted by molar-refractivity contribution is 5.85. The molecular weight excluding hydrogens is 152 g/mol. The minimum Gasteiger partial charge on any atom is -0.391 e. The number of amidine groups is 1. The topological polar surface area (TPSA) is 56.1 Å². The maximum atomic E-state index is 9.14. The Labute approximate surface area is 66.7 Å². The number of β-amino-alcohol motifs (C(OH)–C–C–N with tert-alkyl or cyclic N) is 1. The standard InChI is InChI=1S/C6H12N2O.ClH/c1-4-2-6(7)8-3-5(4)9;/h4-5,9H,2-3H2,1H3,(H2,7,8);1H/t4-,5-;/m1./s1. The third kappa shape index (κ3) is 2.15. The van der Waals surface area contributed by atoms with E-state index in [1.165, 1.54) is 0 Å². The molecule has 4 heteroatoms. The van der Waals surface area contributed by atoms with Gasteiger partial charge in [-0.1, -0.05) is 6.92 Å². The lowest BCUT2D eigenvalue weighted by Gasteiger charge is -2.25. The van der Waals surface area contributed by atoms with E-state index in [1.807, 2.05) is 6.92 Å². The van der Waals surface area contributed by atoms with Gasteiger partial charge in [-0.25, -0.2) is 0 Å². The Morgan fingerprint density at radius 1 is 1.70 bits per heavy atom. The van der Waals surface area contributed by atoms with Gasteiger partial charge in [0.2, 0.25) is 0 Å². The second-order valence-corrected chi connectivity index (χ2v) is 2.61. The summed E-state index contributed by atoms with van der Waals surface area (Å²) in [7, 11) is 0. The number of piperidine rings is 1. The predicted molar refractivity (Wildman–Crippen MR) is 42.8 cm³/mol. The molecule has 0 saturated carbocycles. The Bertz CT molecular complexity index is 129. The summed E-state index contributed by atoms with van der Waals surface area (Å²) >= 11 is 0. The average Bonchev–Trinajstić information content (AvgIpc) is 1.80. The minimum atomic E-state index is -0.265. The van der Waals surface area contributed by atoms with Gasteiger partial charge >= 0.3 is 0 Å². The fourth-order valence-electron chi connectivity index (χ4n) is 0.959. The molecule has 0 aromatic carbocycles. The van der Waals surface area contributed by atoms with Crippen LogP contribution in [0.25, 0.3) is 0 Å². The second kappa shape index (κ2) is 3.78. The van der Waals surface area contributed by atoms with Gasteiger partial charge in [-0.05, 0) is 5.92 Å². The fraction of sp³-hybridized carbons (Fsp3) is 0.833. The highest BCUT2D eigenvalue weighted by atomic mass is 35.5. The van der Waals surface area contributed by atoms with E-state index in [0.717, 1.165) is 0 Å². The summed E-state index contributed by atoms with van der Waals surface area (Å²) in [6.45, 7) is 2.50. The van der Waals surface area contributed by atoms with Crippen LogP contribution < -0.4 is 5.32 Å². The van der Waals surface area contributed by atoms with Crippen LogP contribution in [0.15, 0.2) is 0 Å². The van der Waals surface area contributed by atoms with Crippen molar-refractivity contribution in [1.82, 2.24) is 5.32 Å². The monoisotopic (exact) mass is 164 g/mol. The van der Waals surface area contributed by atoms with Gasteiger partial charge in [-0.15, -0.1) is 12.4 Å². The number of aliphatic hydroxyl groups excluding tert-OH is 1. The fourth-order valence-corrected chi connectivity index (χ4v) is 0.959. The highest BCUT2D eigenvalue weighted by Gasteiger charge is 2.20. The first kappa shape index (κ1) is 9.72. The van der Waals surface area contributed by atoms with E-state index in [9.17, 15) is 0 Å². The minimum absolute atomic E-state index is 0. The van der Waals surface area contributed by atoms with Gasteiger partial charge in [0.15, 0.2) is 0 Å². The number of hydrogen-bond acceptors (Lipinski definition) is 2. The summed E-state index contributed by atoms with van der Waals surface area (Å²) in [5.74, 6) is 0.798. The molecule has 0 unspecified atom stereocenters. The van der Waals surface area contributed by atoms with Crippen LogP contribution in [0.2, 0.25) is 0 Å². The Morgan fingerprint density at radius 3 is 2.70 bits per heavy atom. The summed E-state index contributed by atoms with van der Waals surface area (Å²) < 4.78 is 0. The first-order chi connectivity index (χ1) is 4.20. The zero-order valence-corrected chi connectivity index (χ0v) is 6.74. The van der Waals surface area contributed by atoms with Gasteiger partial charge < -0.3 is 10.4 Å². The molecule has 0 radical (unpaired) electrons. The number of halogens is 1. The second-order valence-electron chi connectivity index (χ2n) is 2.61. The summed E-state index contributed by atoms with van der Waals surface area (Å²) in [6, 6.07) is 0. The molecule has 1 fully saturated rings. The van der Waals surface area contributed by atoms with Crippen LogP contribution in [0.4, 0.5) is 0 Å². The number of aliphatic hydroxyl groups is 1. The van der Waals surface area contributed by atoms with Gasteiger partial charge in [0.05, 0.1) is 11.9 Å². The van der Waals surface area contributed by atoms with Gasteiger partial charge in [0, 0.05) is 13.0 Å². The molecule has 1 heterocycles. The lowest BCUT2D eigenvalue weighted by Crippen LogP contribution is -2.42. The van der Waals surface area contributed by atoms with E-state index in [4.69, 9.17) is 10.5 Å². The number of hydrogen-bond donors (Lipinski definition) is 3. The van der Waals surface area contributed by atoms with Crippen LogP contribution in [0.1, 0.15) is 13.3 Å². The SMILES string of the molecule is C[C@@H]1CC(=N)NC[C@H]1O.Cl. The molecular formula is C6H13ClN2O. The first-order valence-corrected chi connectivity index (χ1v) is 3.19. The molecule has 1 saturated heterocycles. The maximum Gasteiger partial charge on any atom is 0.0936 e. The van der Waals surface area contributed by atoms with E-state index in [-0.39, 0.29) is 24.4 Å². The van der Waals surface area contributed by atoms with E-state index in [2.05, 4.69) is 5.32 Å². The molecule has 10 heavy (non-hydrogen) atoms. The molecule has 3 N–H and O–H groups in total. The Kier molecular flexibility index (Phi) is 3.68. The largest absolute Gasteiger partial charge is 0.391 e. The van der Waals surface area contributed by atoms with Crippen molar-refractivity contribution in [2.45, 2.75) is 19.4 Å². The van der Waals surface area contributed by atoms with Crippen LogP contribution in [-0.2, 0) is 0 Å². The molecule has 0 aromatic heterocycles. The van der Waals surface area contributed by atoms with Crippen LogP contribution in [0.5, 0.6) is 0 Å². The van der Waals surface area contributed by atoms with Gasteiger partial charge in [0.1, 0.15) is 0 Å². The van der Waals surface area contributed by atoms with Gasteiger partial charge in [-0.2, -0.15) is 0 Å². The van der Waals surface area contributed by atoms with Crippen molar-refractivity contribution in [1.29, 1.82) is 5.41 Å². The Hall–Kier alpha value is -0.280. The summed E-state index contributed by atoms with van der Waals surface area (Å²) in [6.07, 6.45) is 0.417. The molecule has 60 valence electrons. The van der Waals surface area contributed by atoms with Gasteiger partial charge in [-0.3, -0.25) is 5.41 Å². The number of rotatable bonds is 0. The molecule has 0 bridgehead atoms. The van der Waals surface area contributed by atoms with Crippen LogP contribution in [-0.4, -0.2) is 23.6 Å². The normalized spacial score (nSPS) is 32.4. The van der Waals surface area contributed by atoms with Crippen LogP contribution in [0.3, 0.4) is 0 Å². The van der Waals surface area contributed by atoms with Gasteiger partial charge in [0.25, 0.3) is 0 Å². The first-order valence-electron chi connectivity index (χ1n) is 3.19. The van der Waals surface area contributed by atoms with E-state index in [0.29, 0.717) is 18.8 Å². The lowest BCUT2D eigenvalue weighted by molar-refractivity contribution is 0.113. The molecule has 0 spiro atoms. The molecule has 3 nitrogen and oxygen atoms in total. The third-order valence-corrected chi connectivity index (χ3v) is 1.71. The summed E-state index contributed by atoms with van der Waals surface area (Å²) in [5, 5.41) is 19.1. The zero-order valence-electron chi connectivity index (χ0n) is 5.92. The highest BCUT2D eigenvalue weighted by Crippen LogP contribution is 2.11. The summed E-state index contributed by atoms with van der Waals surface area (Å²) in [4.78, 5) is 0. The molecule has 0 aliphatic carbocycles. The van der Waals surface area contributed by atoms with Crippen molar-refractivity contribution in [3.05, 3.63) is 0 Å². The van der Waals surface area contributed by atoms with Crippen molar-refractivity contribution in [2.75, 3.05) is 6.54 Å². The number of nitrogens with one attached hydrogen (secondary N) is 2. The molecule has 1 aliphatic heterocycles.